The number of aromatic amines is 1. The van der Waals surface area contributed by atoms with Gasteiger partial charge in [0.2, 0.25) is 5.96 Å². The van der Waals surface area contributed by atoms with Crippen LogP contribution in [0.15, 0.2) is 51.4 Å². The molecule has 6 N–H and O–H groups in total. The molecule has 0 fully saturated rings. The Morgan fingerprint density at radius 3 is 2.53 bits per heavy atom. The van der Waals surface area contributed by atoms with Crippen LogP contribution >= 0.6 is 23.2 Å². The van der Waals surface area contributed by atoms with Crippen molar-refractivity contribution in [3.63, 3.8) is 0 Å². The number of aliphatic hydroxyl groups is 1. The van der Waals surface area contributed by atoms with Gasteiger partial charge in [0.1, 0.15) is 11.8 Å². The second-order valence-electron chi connectivity index (χ2n) is 5.96. The van der Waals surface area contributed by atoms with Gasteiger partial charge in [0.15, 0.2) is 5.69 Å². The first kappa shape index (κ1) is 21.2. The number of rotatable bonds is 5. The molecule has 13 heteroatoms. The number of guanidine groups is 1. The van der Waals surface area contributed by atoms with E-state index in [1.54, 1.807) is 0 Å². The monoisotopic (exact) mass is 449 g/mol. The van der Waals surface area contributed by atoms with Gasteiger partial charge in [-0.3, -0.25) is 14.9 Å². The quantitative estimate of drug-likeness (QED) is 0.198. The molecule has 0 aliphatic rings. The molecule has 0 amide bonds. The molecule has 0 saturated carbocycles. The molecule has 0 aliphatic carbocycles. The van der Waals surface area contributed by atoms with Crippen LogP contribution in [0.25, 0.3) is 11.0 Å². The van der Waals surface area contributed by atoms with E-state index >= 15 is 0 Å². The van der Waals surface area contributed by atoms with Gasteiger partial charge in [0.05, 0.1) is 26.0 Å². The Morgan fingerprint density at radius 2 is 1.90 bits per heavy atom. The average molecular weight is 450 g/mol. The Labute approximate surface area is 177 Å². The molecular weight excluding hydrogens is 437 g/mol. The zero-order valence-electron chi connectivity index (χ0n) is 14.9. The fourth-order valence-electron chi connectivity index (χ4n) is 2.55. The van der Waals surface area contributed by atoms with Crippen LogP contribution in [0.4, 0.5) is 5.69 Å². The molecule has 0 aliphatic heterocycles. The van der Waals surface area contributed by atoms with E-state index in [1.807, 2.05) is 0 Å². The van der Waals surface area contributed by atoms with Crippen LogP contribution in [0, 0.1) is 10.1 Å². The summed E-state index contributed by atoms with van der Waals surface area (Å²) in [5, 5.41) is 29.5. The maximum absolute atomic E-state index is 12.6. The van der Waals surface area contributed by atoms with Crippen molar-refractivity contribution in [1.82, 2.24) is 9.97 Å². The number of aliphatic hydroxyl groups excluding tert-OH is 1. The Morgan fingerprint density at radius 1 is 1.17 bits per heavy atom. The van der Waals surface area contributed by atoms with Crippen LogP contribution in [0.1, 0.15) is 17.4 Å². The smallest absolute Gasteiger partial charge is 0.276 e. The summed E-state index contributed by atoms with van der Waals surface area (Å²) in [6.07, 6.45) is -1.49. The number of benzene rings is 2. The summed E-state index contributed by atoms with van der Waals surface area (Å²) in [5.41, 5.74) is 9.64. The van der Waals surface area contributed by atoms with Crippen LogP contribution in [0.5, 0.6) is 0 Å². The number of aromatic nitrogens is 2. The van der Waals surface area contributed by atoms with Crippen molar-refractivity contribution >= 4 is 51.6 Å². The number of nitrogens with two attached hydrogens (primary N) is 2. The van der Waals surface area contributed by atoms with Crippen LogP contribution < -0.4 is 17.0 Å². The SMILES string of the molecule is NC(N)=N/N=C(\c1nc2ccc([N+](=O)[O-])cc2[nH]c1=O)[C@@H](O)c1ccc(Cl)c(Cl)c1. The van der Waals surface area contributed by atoms with Crippen molar-refractivity contribution in [2.24, 2.45) is 21.7 Å². The lowest BCUT2D eigenvalue weighted by Gasteiger charge is -2.13. The zero-order valence-corrected chi connectivity index (χ0v) is 16.4. The minimum Gasteiger partial charge on any atom is -0.382 e. The molecule has 3 aromatic rings. The molecular formula is C17H13Cl2N7O4. The summed E-state index contributed by atoms with van der Waals surface area (Å²) in [7, 11) is 0. The minimum atomic E-state index is -1.49. The summed E-state index contributed by atoms with van der Waals surface area (Å²) in [6.45, 7) is 0. The van der Waals surface area contributed by atoms with Crippen molar-refractivity contribution in [2.75, 3.05) is 0 Å². The van der Waals surface area contributed by atoms with Crippen molar-refractivity contribution in [3.05, 3.63) is 78.2 Å². The molecule has 0 unspecified atom stereocenters. The Bertz CT molecular complexity index is 1270. The van der Waals surface area contributed by atoms with Gasteiger partial charge in [-0.25, -0.2) is 4.98 Å². The number of fused-ring (bicyclic) bond motifs is 1. The minimum absolute atomic E-state index is 0.128. The lowest BCUT2D eigenvalue weighted by molar-refractivity contribution is -0.384. The van der Waals surface area contributed by atoms with E-state index in [1.165, 1.54) is 30.3 Å². The van der Waals surface area contributed by atoms with Crippen LogP contribution in [0.3, 0.4) is 0 Å². The van der Waals surface area contributed by atoms with Crippen LogP contribution in [0.2, 0.25) is 10.0 Å². The summed E-state index contributed by atoms with van der Waals surface area (Å²) in [6, 6.07) is 8.05. The van der Waals surface area contributed by atoms with E-state index in [2.05, 4.69) is 20.2 Å². The summed E-state index contributed by atoms with van der Waals surface area (Å²) < 4.78 is 0. The summed E-state index contributed by atoms with van der Waals surface area (Å²) in [4.78, 5) is 29.6. The number of nitrogens with one attached hydrogen (secondary N) is 1. The summed E-state index contributed by atoms with van der Waals surface area (Å²) in [5.74, 6) is -0.415. The molecule has 2 aromatic carbocycles. The van der Waals surface area contributed by atoms with Crippen molar-refractivity contribution < 1.29 is 10.0 Å². The third-order valence-corrected chi connectivity index (χ3v) is 4.66. The number of nitro groups is 1. The predicted octanol–water partition coefficient (Wildman–Crippen LogP) is 1.85. The van der Waals surface area contributed by atoms with Gasteiger partial charge in [0.25, 0.3) is 11.2 Å². The van der Waals surface area contributed by atoms with Crippen LogP contribution in [-0.4, -0.2) is 31.7 Å². The lowest BCUT2D eigenvalue weighted by Crippen LogP contribution is -2.27. The molecule has 11 nitrogen and oxygen atoms in total. The van der Waals surface area contributed by atoms with Gasteiger partial charge in [-0.05, 0) is 23.8 Å². The van der Waals surface area contributed by atoms with Crippen LogP contribution in [-0.2, 0) is 0 Å². The standard InChI is InChI=1S/C17H13Cl2N7O4/c18-9-3-1-7(5-10(9)19)15(27)13(24-25-17(20)21)14-16(28)23-12-6-8(26(29)30)2-4-11(12)22-14/h1-6,15,27H,(H,23,28)(H4,20,21,25)/b24-13+/t15-/m0/s1. The molecule has 1 aromatic heterocycles. The number of hydrogen-bond donors (Lipinski definition) is 4. The Hall–Kier alpha value is -3.54. The maximum atomic E-state index is 12.6. The van der Waals surface area contributed by atoms with E-state index < -0.39 is 22.5 Å². The van der Waals surface area contributed by atoms with E-state index in [4.69, 9.17) is 34.7 Å². The van der Waals surface area contributed by atoms with Gasteiger partial charge < -0.3 is 21.6 Å². The topological polar surface area (TPSA) is 186 Å². The third-order valence-electron chi connectivity index (χ3n) is 3.92. The highest BCUT2D eigenvalue weighted by Gasteiger charge is 2.23. The molecule has 0 bridgehead atoms. The first-order valence-corrected chi connectivity index (χ1v) is 8.91. The maximum Gasteiger partial charge on any atom is 0.276 e. The van der Waals surface area contributed by atoms with Gasteiger partial charge in [-0.1, -0.05) is 29.3 Å². The molecule has 1 heterocycles. The first-order chi connectivity index (χ1) is 14.2. The molecule has 0 spiro atoms. The van der Waals surface area contributed by atoms with E-state index in [-0.39, 0.29) is 43.7 Å². The highest BCUT2D eigenvalue weighted by Crippen LogP contribution is 2.27. The molecule has 0 saturated heterocycles. The normalized spacial score (nSPS) is 12.6. The number of H-pyrrole nitrogens is 1. The number of hydrogen-bond acceptors (Lipinski definition) is 7. The molecule has 154 valence electrons. The number of nitrogens with zero attached hydrogens (tertiary/aromatic N) is 4. The summed E-state index contributed by atoms with van der Waals surface area (Å²) >= 11 is 11.9. The second-order valence-corrected chi connectivity index (χ2v) is 6.77. The Balaban J connectivity index is 2.18. The highest BCUT2D eigenvalue weighted by atomic mass is 35.5. The number of nitro benzene ring substituents is 1. The molecule has 0 radical (unpaired) electrons. The molecule has 30 heavy (non-hydrogen) atoms. The van der Waals surface area contributed by atoms with Gasteiger partial charge in [-0.15, -0.1) is 10.2 Å². The predicted molar refractivity (Wildman–Crippen MR) is 113 cm³/mol. The van der Waals surface area contributed by atoms with E-state index in [9.17, 15) is 20.0 Å². The van der Waals surface area contributed by atoms with E-state index in [0.29, 0.717) is 0 Å². The van der Waals surface area contributed by atoms with Crippen molar-refractivity contribution in [3.8, 4) is 0 Å². The number of halogens is 2. The molecule has 1 atom stereocenters. The lowest BCUT2D eigenvalue weighted by atomic mass is 10.0. The van der Waals surface area contributed by atoms with Gasteiger partial charge >= 0.3 is 0 Å². The number of non-ortho nitro benzene ring substituents is 1. The zero-order chi connectivity index (χ0) is 22.0. The second kappa shape index (κ2) is 8.45. The van der Waals surface area contributed by atoms with E-state index in [0.717, 1.165) is 6.07 Å². The highest BCUT2D eigenvalue weighted by molar-refractivity contribution is 6.42. The third kappa shape index (κ3) is 4.38. The van der Waals surface area contributed by atoms with Crippen molar-refractivity contribution in [2.45, 2.75) is 6.10 Å². The fourth-order valence-corrected chi connectivity index (χ4v) is 2.85. The largest absolute Gasteiger partial charge is 0.382 e. The van der Waals surface area contributed by atoms with Crippen molar-refractivity contribution in [1.29, 1.82) is 0 Å². The first-order valence-electron chi connectivity index (χ1n) is 8.15. The average Bonchev–Trinajstić information content (AvgIpc) is 2.69. The fraction of sp³-hybridized carbons (Fsp3) is 0.0588. The van der Waals surface area contributed by atoms with Gasteiger partial charge in [0, 0.05) is 12.1 Å². The van der Waals surface area contributed by atoms with Gasteiger partial charge in [-0.2, -0.15) is 0 Å². The molecule has 3 rings (SSSR count). The Kier molecular flexibility index (Phi) is 5.96.